The molecular weight excluding hydrogens is 320 g/mol. The maximum Gasteiger partial charge on any atom is 0.267 e. The largest absolute Gasteiger partial charge is 0.351 e. The highest BCUT2D eigenvalue weighted by molar-refractivity contribution is 9.10. The number of nitrogens with zero attached hydrogens (tertiary/aromatic N) is 2. The number of aromatic nitrogens is 1. The van der Waals surface area contributed by atoms with Gasteiger partial charge in [-0.25, -0.2) is 0 Å². The fraction of sp³-hybridized carbons (Fsp3) is 0.643. The maximum absolute atomic E-state index is 12.1. The van der Waals surface area contributed by atoms with Crippen molar-refractivity contribution in [3.63, 3.8) is 0 Å². The molecule has 2 heterocycles. The highest BCUT2D eigenvalue weighted by Gasteiger charge is 2.12. The fourth-order valence-corrected chi connectivity index (χ4v) is 2.92. The number of halogens is 1. The first kappa shape index (κ1) is 15.5. The van der Waals surface area contributed by atoms with E-state index >= 15 is 0 Å². The maximum atomic E-state index is 12.1. The summed E-state index contributed by atoms with van der Waals surface area (Å²) in [6.07, 6.45) is 2.94. The van der Waals surface area contributed by atoms with Crippen LogP contribution in [0.25, 0.3) is 0 Å². The van der Waals surface area contributed by atoms with Crippen molar-refractivity contribution < 1.29 is 4.79 Å². The molecule has 5 nitrogen and oxygen atoms in total. The van der Waals surface area contributed by atoms with Gasteiger partial charge >= 0.3 is 0 Å². The van der Waals surface area contributed by atoms with E-state index in [0.29, 0.717) is 0 Å². The van der Waals surface area contributed by atoms with Crippen LogP contribution in [-0.4, -0.2) is 54.6 Å². The highest BCUT2D eigenvalue weighted by atomic mass is 79.9. The molecule has 0 unspecified atom stereocenters. The van der Waals surface area contributed by atoms with Gasteiger partial charge in [0, 0.05) is 49.9 Å². The molecule has 1 aliphatic rings. The molecule has 0 radical (unpaired) electrons. The van der Waals surface area contributed by atoms with Crippen molar-refractivity contribution in [2.24, 2.45) is 0 Å². The summed E-state index contributed by atoms with van der Waals surface area (Å²) in [6, 6.07) is 1.87. The number of hydrogen-bond acceptors (Lipinski definition) is 3. The molecule has 1 saturated heterocycles. The van der Waals surface area contributed by atoms with E-state index in [1.54, 1.807) is 0 Å². The van der Waals surface area contributed by atoms with Crippen molar-refractivity contribution in [1.29, 1.82) is 0 Å². The van der Waals surface area contributed by atoms with E-state index in [2.05, 4.69) is 31.5 Å². The number of piperazine rings is 1. The van der Waals surface area contributed by atoms with Crippen LogP contribution in [0.5, 0.6) is 0 Å². The zero-order valence-corrected chi connectivity index (χ0v) is 13.6. The second kappa shape index (κ2) is 7.81. The Balaban J connectivity index is 1.71. The first-order valence-electron chi connectivity index (χ1n) is 7.27. The minimum Gasteiger partial charge on any atom is -0.351 e. The smallest absolute Gasteiger partial charge is 0.267 e. The number of carbonyl (C=O) groups is 1. The summed E-state index contributed by atoms with van der Waals surface area (Å²) in [4.78, 5) is 14.6. The van der Waals surface area contributed by atoms with Crippen molar-refractivity contribution in [2.45, 2.75) is 19.9 Å². The first-order chi connectivity index (χ1) is 9.70. The van der Waals surface area contributed by atoms with E-state index in [0.717, 1.165) is 62.4 Å². The summed E-state index contributed by atoms with van der Waals surface area (Å²) >= 11 is 3.41. The molecule has 0 aliphatic carbocycles. The molecule has 1 aliphatic heterocycles. The summed E-state index contributed by atoms with van der Waals surface area (Å²) in [5.74, 6) is 0.0119. The third-order valence-corrected chi connectivity index (χ3v) is 4.02. The number of amides is 1. The van der Waals surface area contributed by atoms with E-state index in [1.165, 1.54) is 0 Å². The highest BCUT2D eigenvalue weighted by Crippen LogP contribution is 2.14. The number of hydrogen-bond donors (Lipinski definition) is 2. The molecule has 0 spiro atoms. The van der Waals surface area contributed by atoms with Crippen LogP contribution in [0.4, 0.5) is 0 Å². The zero-order valence-electron chi connectivity index (χ0n) is 12.0. The van der Waals surface area contributed by atoms with Crippen molar-refractivity contribution in [2.75, 3.05) is 39.3 Å². The monoisotopic (exact) mass is 342 g/mol. The van der Waals surface area contributed by atoms with Gasteiger partial charge in [0.2, 0.25) is 0 Å². The van der Waals surface area contributed by atoms with Crippen LogP contribution in [0.3, 0.4) is 0 Å². The van der Waals surface area contributed by atoms with Gasteiger partial charge in [-0.3, -0.25) is 4.79 Å². The van der Waals surface area contributed by atoms with Crippen molar-refractivity contribution >= 4 is 21.8 Å². The molecule has 1 amide bonds. The summed E-state index contributed by atoms with van der Waals surface area (Å²) in [7, 11) is 0. The van der Waals surface area contributed by atoms with E-state index in [4.69, 9.17) is 0 Å². The molecule has 1 fully saturated rings. The predicted octanol–water partition coefficient (Wildman–Crippen LogP) is 1.30. The molecule has 0 saturated carbocycles. The van der Waals surface area contributed by atoms with Crippen molar-refractivity contribution in [1.82, 2.24) is 20.1 Å². The van der Waals surface area contributed by atoms with Crippen LogP contribution >= 0.6 is 15.9 Å². The molecule has 0 atom stereocenters. The number of carbonyl (C=O) groups excluding carboxylic acids is 1. The van der Waals surface area contributed by atoms with Crippen LogP contribution in [0.1, 0.15) is 23.8 Å². The van der Waals surface area contributed by atoms with Gasteiger partial charge in [-0.05, 0) is 41.9 Å². The van der Waals surface area contributed by atoms with Gasteiger partial charge in [0.15, 0.2) is 0 Å². The third kappa shape index (κ3) is 4.33. The Bertz CT molecular complexity index is 440. The van der Waals surface area contributed by atoms with E-state index in [-0.39, 0.29) is 5.91 Å². The minimum atomic E-state index is 0.0119. The van der Waals surface area contributed by atoms with Gasteiger partial charge < -0.3 is 20.1 Å². The quantitative estimate of drug-likeness (QED) is 0.766. The second-order valence-electron chi connectivity index (χ2n) is 5.03. The Labute approximate surface area is 128 Å². The lowest BCUT2D eigenvalue weighted by molar-refractivity contribution is 0.0942. The van der Waals surface area contributed by atoms with Gasteiger partial charge in [-0.1, -0.05) is 0 Å². The number of nitrogens with one attached hydrogen (secondary N) is 2. The standard InChI is InChI=1S/C14H23BrN4O/c1-2-19-11-12(15)10-13(19)14(20)17-4-3-7-18-8-5-16-6-9-18/h10-11,16H,2-9H2,1H3,(H,17,20). The number of aryl methyl sites for hydroxylation is 1. The zero-order chi connectivity index (χ0) is 14.4. The fourth-order valence-electron chi connectivity index (χ4n) is 2.46. The average molecular weight is 343 g/mol. The normalized spacial score (nSPS) is 16.3. The molecule has 6 heteroatoms. The average Bonchev–Trinajstić information content (AvgIpc) is 2.86. The Kier molecular flexibility index (Phi) is 6.06. The molecule has 2 N–H and O–H groups in total. The SMILES string of the molecule is CCn1cc(Br)cc1C(=O)NCCCN1CCNCC1. The summed E-state index contributed by atoms with van der Waals surface area (Å²) in [5, 5.41) is 6.34. The molecular formula is C14H23BrN4O. The van der Waals surface area contributed by atoms with Crippen molar-refractivity contribution in [3.05, 3.63) is 22.4 Å². The molecule has 0 aromatic carbocycles. The van der Waals surface area contributed by atoms with Crippen LogP contribution in [0.15, 0.2) is 16.7 Å². The lowest BCUT2D eigenvalue weighted by atomic mass is 10.3. The molecule has 2 rings (SSSR count). The molecule has 112 valence electrons. The van der Waals surface area contributed by atoms with E-state index in [9.17, 15) is 4.79 Å². The Hall–Kier alpha value is -0.850. The number of rotatable bonds is 6. The first-order valence-corrected chi connectivity index (χ1v) is 8.07. The Morgan fingerprint density at radius 2 is 2.20 bits per heavy atom. The third-order valence-electron chi connectivity index (χ3n) is 3.58. The second-order valence-corrected chi connectivity index (χ2v) is 5.95. The Morgan fingerprint density at radius 1 is 1.45 bits per heavy atom. The van der Waals surface area contributed by atoms with Gasteiger partial charge in [0.05, 0.1) is 0 Å². The lowest BCUT2D eigenvalue weighted by Gasteiger charge is -2.27. The summed E-state index contributed by atoms with van der Waals surface area (Å²) < 4.78 is 2.90. The Morgan fingerprint density at radius 3 is 2.90 bits per heavy atom. The van der Waals surface area contributed by atoms with E-state index in [1.807, 2.05) is 23.8 Å². The van der Waals surface area contributed by atoms with Gasteiger partial charge in [0.1, 0.15) is 5.69 Å². The van der Waals surface area contributed by atoms with Gasteiger partial charge in [0.25, 0.3) is 5.91 Å². The minimum absolute atomic E-state index is 0.0119. The van der Waals surface area contributed by atoms with Crippen molar-refractivity contribution in [3.8, 4) is 0 Å². The topological polar surface area (TPSA) is 49.3 Å². The van der Waals surface area contributed by atoms with Crippen LogP contribution in [0, 0.1) is 0 Å². The van der Waals surface area contributed by atoms with Gasteiger partial charge in [-0.15, -0.1) is 0 Å². The van der Waals surface area contributed by atoms with E-state index < -0.39 is 0 Å². The van der Waals surface area contributed by atoms with Crippen LogP contribution < -0.4 is 10.6 Å². The molecule has 20 heavy (non-hydrogen) atoms. The lowest BCUT2D eigenvalue weighted by Crippen LogP contribution is -2.44. The van der Waals surface area contributed by atoms with Crippen LogP contribution in [0.2, 0.25) is 0 Å². The summed E-state index contributed by atoms with van der Waals surface area (Å²) in [5.41, 5.74) is 0.724. The summed E-state index contributed by atoms with van der Waals surface area (Å²) in [6.45, 7) is 8.99. The molecule has 0 bridgehead atoms. The molecule has 1 aromatic heterocycles. The van der Waals surface area contributed by atoms with Gasteiger partial charge in [-0.2, -0.15) is 0 Å². The van der Waals surface area contributed by atoms with Crippen LogP contribution in [-0.2, 0) is 6.54 Å². The molecule has 1 aromatic rings. The predicted molar refractivity (Wildman–Crippen MR) is 84.1 cm³/mol.